The van der Waals surface area contributed by atoms with Crippen molar-refractivity contribution in [2.45, 2.75) is 45.1 Å². The molecule has 1 fully saturated rings. The summed E-state index contributed by atoms with van der Waals surface area (Å²) in [5.41, 5.74) is -0.466. The van der Waals surface area contributed by atoms with E-state index in [1.807, 2.05) is 20.8 Å². The van der Waals surface area contributed by atoms with Gasteiger partial charge in [0, 0.05) is 25.1 Å². The lowest BCUT2D eigenvalue weighted by Gasteiger charge is -2.32. The summed E-state index contributed by atoms with van der Waals surface area (Å²) in [6.45, 7) is 6.52. The van der Waals surface area contributed by atoms with Gasteiger partial charge in [0.1, 0.15) is 17.2 Å². The van der Waals surface area contributed by atoms with Gasteiger partial charge < -0.3 is 14.2 Å². The summed E-state index contributed by atoms with van der Waals surface area (Å²) in [7, 11) is 0. The number of aromatic nitrogens is 2. The third kappa shape index (κ3) is 4.17. The number of amides is 1. The number of benzene rings is 1. The number of carbonyl (C=O) groups is 1. The number of likely N-dealkylation sites (tertiary alicyclic amines) is 1. The number of piperidine rings is 1. The molecule has 0 unspecified atom stereocenters. The van der Waals surface area contributed by atoms with Crippen molar-refractivity contribution in [3.8, 4) is 11.5 Å². The van der Waals surface area contributed by atoms with Crippen LogP contribution in [0.5, 0.6) is 0 Å². The van der Waals surface area contributed by atoms with E-state index in [9.17, 15) is 13.6 Å². The van der Waals surface area contributed by atoms with Gasteiger partial charge in [0.2, 0.25) is 0 Å². The van der Waals surface area contributed by atoms with Gasteiger partial charge in [-0.1, -0.05) is 5.16 Å². The minimum atomic E-state index is -0.750. The summed E-state index contributed by atoms with van der Waals surface area (Å²) in [5.74, 6) is -0.921. The Bertz CT molecular complexity index is 793. The van der Waals surface area contributed by atoms with E-state index in [-0.39, 0.29) is 23.5 Å². The fraction of sp³-hybridized carbons (Fsp3) is 0.500. The first-order valence-electron chi connectivity index (χ1n) is 8.50. The lowest BCUT2D eigenvalue weighted by atomic mass is 9.96. The summed E-state index contributed by atoms with van der Waals surface area (Å²) < 4.78 is 37.4. The first kappa shape index (κ1) is 18.3. The largest absolute Gasteiger partial charge is 0.444 e. The van der Waals surface area contributed by atoms with Crippen LogP contribution in [0.2, 0.25) is 0 Å². The van der Waals surface area contributed by atoms with E-state index in [4.69, 9.17) is 9.26 Å². The first-order valence-corrected chi connectivity index (χ1v) is 8.50. The maximum Gasteiger partial charge on any atom is 0.410 e. The molecule has 1 aliphatic rings. The second-order valence-electron chi connectivity index (χ2n) is 7.32. The van der Waals surface area contributed by atoms with Crippen molar-refractivity contribution < 1.29 is 22.8 Å². The third-order valence-electron chi connectivity index (χ3n) is 4.12. The minimum absolute atomic E-state index is 0.00898. The zero-order chi connectivity index (χ0) is 18.9. The van der Waals surface area contributed by atoms with Gasteiger partial charge in [-0.15, -0.1) is 0 Å². The van der Waals surface area contributed by atoms with Crippen LogP contribution in [0.1, 0.15) is 45.4 Å². The zero-order valence-electron chi connectivity index (χ0n) is 15.0. The summed E-state index contributed by atoms with van der Waals surface area (Å²) in [4.78, 5) is 18.0. The smallest absolute Gasteiger partial charge is 0.410 e. The zero-order valence-corrected chi connectivity index (χ0v) is 15.0. The van der Waals surface area contributed by atoms with E-state index in [0.717, 1.165) is 12.1 Å². The van der Waals surface area contributed by atoms with Gasteiger partial charge >= 0.3 is 6.09 Å². The Labute approximate surface area is 150 Å². The Balaban J connectivity index is 1.64. The van der Waals surface area contributed by atoms with E-state index < -0.39 is 17.2 Å². The Morgan fingerprint density at radius 2 is 1.96 bits per heavy atom. The van der Waals surface area contributed by atoms with Gasteiger partial charge in [0.15, 0.2) is 5.82 Å². The van der Waals surface area contributed by atoms with Crippen LogP contribution in [-0.4, -0.2) is 39.8 Å². The topological polar surface area (TPSA) is 68.5 Å². The Kier molecular flexibility index (Phi) is 4.93. The molecule has 2 aromatic rings. The molecule has 6 nitrogen and oxygen atoms in total. The normalized spacial score (nSPS) is 16.0. The molecule has 0 atom stereocenters. The molecule has 0 bridgehead atoms. The van der Waals surface area contributed by atoms with Crippen molar-refractivity contribution >= 4 is 6.09 Å². The fourth-order valence-electron chi connectivity index (χ4n) is 2.82. The maximum absolute atomic E-state index is 13.8. The number of rotatable bonds is 2. The van der Waals surface area contributed by atoms with Crippen LogP contribution in [0.25, 0.3) is 11.5 Å². The van der Waals surface area contributed by atoms with E-state index in [0.29, 0.717) is 31.8 Å². The lowest BCUT2D eigenvalue weighted by Crippen LogP contribution is -2.41. The molecule has 1 amide bonds. The predicted molar refractivity (Wildman–Crippen MR) is 89.4 cm³/mol. The molecular weight excluding hydrogens is 344 g/mol. The molecule has 0 saturated carbocycles. The van der Waals surface area contributed by atoms with E-state index >= 15 is 0 Å². The number of hydrogen-bond donors (Lipinski definition) is 0. The highest BCUT2D eigenvalue weighted by Gasteiger charge is 2.30. The second kappa shape index (κ2) is 7.01. The fourth-order valence-corrected chi connectivity index (χ4v) is 2.82. The summed E-state index contributed by atoms with van der Waals surface area (Å²) in [6, 6.07) is 3.19. The van der Waals surface area contributed by atoms with Crippen LogP contribution in [-0.2, 0) is 4.74 Å². The van der Waals surface area contributed by atoms with Crippen LogP contribution in [0.4, 0.5) is 13.6 Å². The highest BCUT2D eigenvalue weighted by Crippen LogP contribution is 2.29. The quantitative estimate of drug-likeness (QED) is 0.800. The molecule has 140 valence electrons. The molecule has 0 aliphatic carbocycles. The van der Waals surface area contributed by atoms with Crippen molar-refractivity contribution in [3.05, 3.63) is 35.7 Å². The van der Waals surface area contributed by atoms with Gasteiger partial charge in [-0.2, -0.15) is 4.98 Å². The summed E-state index contributed by atoms with van der Waals surface area (Å²) in [6.07, 6.45) is 0.979. The van der Waals surface area contributed by atoms with Crippen molar-refractivity contribution in [2.75, 3.05) is 13.1 Å². The molecule has 1 aliphatic heterocycles. The summed E-state index contributed by atoms with van der Waals surface area (Å²) >= 11 is 0. The number of hydrogen-bond acceptors (Lipinski definition) is 5. The Hall–Kier alpha value is -2.51. The molecule has 8 heteroatoms. The van der Waals surface area contributed by atoms with Crippen molar-refractivity contribution in [3.63, 3.8) is 0 Å². The van der Waals surface area contributed by atoms with Crippen molar-refractivity contribution in [1.29, 1.82) is 0 Å². The second-order valence-corrected chi connectivity index (χ2v) is 7.32. The molecule has 0 spiro atoms. The number of nitrogens with zero attached hydrogens (tertiary/aromatic N) is 3. The average molecular weight is 365 g/mol. The lowest BCUT2D eigenvalue weighted by molar-refractivity contribution is 0.0203. The minimum Gasteiger partial charge on any atom is -0.444 e. The molecule has 0 radical (unpaired) electrons. The molecule has 2 heterocycles. The van der Waals surface area contributed by atoms with Gasteiger partial charge in [-0.3, -0.25) is 0 Å². The molecule has 0 N–H and O–H groups in total. The van der Waals surface area contributed by atoms with Gasteiger partial charge in [0.05, 0.1) is 5.56 Å². The summed E-state index contributed by atoms with van der Waals surface area (Å²) in [5, 5.41) is 3.93. The van der Waals surface area contributed by atoms with Crippen molar-refractivity contribution in [1.82, 2.24) is 15.0 Å². The maximum atomic E-state index is 13.8. The highest BCUT2D eigenvalue weighted by atomic mass is 19.1. The van der Waals surface area contributed by atoms with Gasteiger partial charge in [-0.25, -0.2) is 13.6 Å². The Morgan fingerprint density at radius 3 is 2.58 bits per heavy atom. The predicted octanol–water partition coefficient (Wildman–Crippen LogP) is 4.13. The molecule has 1 aromatic heterocycles. The highest BCUT2D eigenvalue weighted by molar-refractivity contribution is 5.68. The third-order valence-corrected chi connectivity index (χ3v) is 4.12. The number of halogens is 2. The van der Waals surface area contributed by atoms with Crippen LogP contribution in [0.15, 0.2) is 22.7 Å². The van der Waals surface area contributed by atoms with Crippen molar-refractivity contribution in [2.24, 2.45) is 0 Å². The SMILES string of the molecule is CC(C)(C)OC(=O)N1CCC(c2noc(-c3ccc(F)cc3F)n2)CC1. The van der Waals surface area contributed by atoms with Gasteiger partial charge in [0.25, 0.3) is 5.89 Å². The van der Waals surface area contributed by atoms with E-state index in [1.165, 1.54) is 6.07 Å². The number of ether oxygens (including phenoxy) is 1. The molecule has 1 saturated heterocycles. The van der Waals surface area contributed by atoms with Crippen LogP contribution in [0.3, 0.4) is 0 Å². The Morgan fingerprint density at radius 1 is 1.27 bits per heavy atom. The average Bonchev–Trinajstić information content (AvgIpc) is 3.03. The molecule has 26 heavy (non-hydrogen) atoms. The standard InChI is InChI=1S/C18H21F2N3O3/c1-18(2,3)25-17(24)23-8-6-11(7-9-23)15-21-16(26-22-15)13-5-4-12(19)10-14(13)20/h4-5,10-11H,6-9H2,1-3H3. The van der Waals surface area contributed by atoms with Gasteiger partial charge in [-0.05, 0) is 45.7 Å². The van der Waals surface area contributed by atoms with Crippen LogP contribution < -0.4 is 0 Å². The van der Waals surface area contributed by atoms with E-state index in [2.05, 4.69) is 10.1 Å². The molecular formula is C18H21F2N3O3. The molecule has 1 aromatic carbocycles. The van der Waals surface area contributed by atoms with Crippen LogP contribution in [0, 0.1) is 11.6 Å². The number of carbonyl (C=O) groups excluding carboxylic acids is 1. The first-order chi connectivity index (χ1) is 12.2. The molecule has 3 rings (SSSR count). The van der Waals surface area contributed by atoms with Crippen LogP contribution >= 0.6 is 0 Å². The van der Waals surface area contributed by atoms with E-state index in [1.54, 1.807) is 4.90 Å². The monoisotopic (exact) mass is 365 g/mol.